The van der Waals surface area contributed by atoms with Gasteiger partial charge in [0, 0.05) is 111 Å². The van der Waals surface area contributed by atoms with Gasteiger partial charge >= 0.3 is 0 Å². The summed E-state index contributed by atoms with van der Waals surface area (Å²) in [4.78, 5) is 259. The van der Waals surface area contributed by atoms with Crippen molar-refractivity contribution in [3.63, 3.8) is 0 Å². The van der Waals surface area contributed by atoms with Gasteiger partial charge in [-0.1, -0.05) is 133 Å². The van der Waals surface area contributed by atoms with E-state index < -0.39 is 227 Å². The Morgan fingerprint density at radius 2 is 1.13 bits per heavy atom. The number of aliphatic hydroxyl groups is 1. The Kier molecular flexibility index (Phi) is 40.3. The van der Waals surface area contributed by atoms with Gasteiger partial charge in [-0.2, -0.15) is 0 Å². The average molecular weight is 1940 g/mol. The molecule has 43 heteroatoms. The van der Waals surface area contributed by atoms with E-state index in [2.05, 4.69) is 79.4 Å². The molecule has 0 spiro atoms. The minimum atomic E-state index is -2.02. The molecule has 26 N–H and O–H groups in total. The molecule has 137 heavy (non-hydrogen) atoms. The standard InChI is InChI=1S/C94H132N20O21S2/c1-51(115)77-88(130)108-70(46-60-50-102-64-24-13-12-23-63(60)64)84(126)104-66(34-35-73(95)118)82(124)113-79(93(6,7)137-136-92(4,5)78(103-53(3)117)89(131)110-72(49-76(98)121)86(128)112-77)90(132)109-68(44-54-27-32-62(33-28-54)135-42-39-101-61-22-16-21-57(30-31-61)56-17-8-9-18-56)83(125)106-69(45-55-26-29-58-19-10-11-20-59(58)43-55)87(129)114-94(36-40-134-41-37-94)91(133)111-65(25-14-15-38-100-52(2)116)81(123)107-71(48-75(97)120)85(127)105-67(80(99)122)47-74(96)119/h10-13,19-20,23-24,26-29,32-33,43,50-51,56-57,61,65-72,77-79,101-102,115H,8-9,14-18,21-22,25,30-31,34-42,44-49H2,1-7H3,(H2,95,118)(H2,96,119)(H2,97,120)(H2,98,121)(H2,99,122)(H,100,116)(H,103,117)(H,104,126)(H,105,127)(H,106,125)(H,107,123)(H,108,130)(H,109,132)(H,110,131)(H,111,133)(H,112,128)(H,113,124)(H,114,129). The first-order chi connectivity index (χ1) is 65.0. The van der Waals surface area contributed by atoms with Gasteiger partial charge in [0.15, 0.2) is 0 Å². The van der Waals surface area contributed by atoms with Crippen molar-refractivity contribution in [1.82, 2.24) is 79.4 Å². The van der Waals surface area contributed by atoms with Crippen LogP contribution in [0.15, 0.2) is 97.2 Å². The molecule has 5 aromatic rings. The summed E-state index contributed by atoms with van der Waals surface area (Å²) >= 11 is 0. The normalized spacial score (nSPS) is 22.0. The number of para-hydroxylation sites is 1. The molecular weight excluding hydrogens is 1810 g/mol. The highest BCUT2D eigenvalue weighted by Crippen LogP contribution is 2.47. The molecular formula is C94H132N20O21S2. The second kappa shape index (κ2) is 51.1. The van der Waals surface area contributed by atoms with Crippen LogP contribution in [0.25, 0.3) is 21.7 Å². The number of primary amides is 5. The van der Waals surface area contributed by atoms with Gasteiger partial charge in [-0.25, -0.2) is 0 Å². The third kappa shape index (κ3) is 32.9. The fraction of sp³-hybridized carbons (Fsp3) is 0.553. The predicted octanol–water partition coefficient (Wildman–Crippen LogP) is -0.509. The van der Waals surface area contributed by atoms with Crippen LogP contribution in [0.1, 0.15) is 187 Å². The van der Waals surface area contributed by atoms with Crippen molar-refractivity contribution in [3.05, 3.63) is 114 Å². The summed E-state index contributed by atoms with van der Waals surface area (Å²) in [5, 5.41) is 51.1. The summed E-state index contributed by atoms with van der Waals surface area (Å²) < 4.78 is 8.78. The van der Waals surface area contributed by atoms with Crippen LogP contribution in [0, 0.1) is 11.8 Å². The summed E-state index contributed by atoms with van der Waals surface area (Å²) in [5.74, 6) is -16.8. The third-order valence-electron chi connectivity index (χ3n) is 25.1. The van der Waals surface area contributed by atoms with Crippen molar-refractivity contribution in [1.29, 1.82) is 0 Å². The van der Waals surface area contributed by atoms with Crippen molar-refractivity contribution < 1.29 is 101 Å². The van der Waals surface area contributed by atoms with Crippen LogP contribution in [0.2, 0.25) is 0 Å². The monoisotopic (exact) mass is 1940 g/mol. The van der Waals surface area contributed by atoms with Crippen LogP contribution < -0.4 is 108 Å². The molecule has 2 aliphatic carbocycles. The summed E-state index contributed by atoms with van der Waals surface area (Å²) in [6.45, 7) is 10.1. The lowest BCUT2D eigenvalue weighted by molar-refractivity contribution is -0.141. The molecule has 2 saturated heterocycles. The highest BCUT2D eigenvalue weighted by Gasteiger charge is 2.49. The van der Waals surface area contributed by atoms with Gasteiger partial charge in [-0.05, 0) is 137 Å². The van der Waals surface area contributed by atoms with Crippen molar-refractivity contribution >= 4 is 150 Å². The van der Waals surface area contributed by atoms with Gasteiger partial charge in [-0.15, -0.1) is 0 Å². The zero-order valence-corrected chi connectivity index (χ0v) is 79.9. The number of fused-ring (bicyclic) bond motifs is 2. The van der Waals surface area contributed by atoms with Crippen LogP contribution in [0.5, 0.6) is 5.75 Å². The Morgan fingerprint density at radius 3 is 1.80 bits per heavy atom. The Balaban J connectivity index is 1.12. The Labute approximate surface area is 802 Å². The Morgan fingerprint density at radius 1 is 0.547 bits per heavy atom. The fourth-order valence-corrected chi connectivity index (χ4v) is 20.3. The summed E-state index contributed by atoms with van der Waals surface area (Å²) in [7, 11) is 1.75. The number of aliphatic hydroxyl groups excluding tert-OH is 1. The topological polar surface area (TPSA) is 660 Å². The molecule has 4 aliphatic rings. The lowest BCUT2D eigenvalue weighted by Gasteiger charge is -2.39. The van der Waals surface area contributed by atoms with E-state index in [1.807, 2.05) is 18.2 Å². The summed E-state index contributed by atoms with van der Waals surface area (Å²) in [6, 6.07) is 6.72. The number of carbonyl (C=O) groups is 18. The lowest BCUT2D eigenvalue weighted by Crippen LogP contribution is -2.67. The van der Waals surface area contributed by atoms with E-state index in [1.54, 1.807) is 79.0 Å². The van der Waals surface area contributed by atoms with Crippen LogP contribution in [-0.4, -0.2) is 243 Å². The van der Waals surface area contributed by atoms with E-state index in [0.717, 1.165) is 71.9 Å². The molecule has 0 bridgehead atoms. The smallest absolute Gasteiger partial charge is 0.246 e. The number of unbranched alkanes of at least 4 members (excludes halogenated alkanes) is 1. The number of hydrogen-bond donors (Lipinski definition) is 21. The number of rotatable bonds is 41. The van der Waals surface area contributed by atoms with Crippen molar-refractivity contribution in [3.8, 4) is 5.75 Å². The average Bonchev–Trinajstić information content (AvgIpc) is 1.79. The fourth-order valence-electron chi connectivity index (χ4n) is 17.5. The number of H-pyrrole nitrogens is 1. The number of aromatic nitrogens is 1. The number of nitrogens with one attached hydrogen (secondary N) is 15. The molecule has 14 atom stereocenters. The molecule has 4 aromatic carbocycles. The van der Waals surface area contributed by atoms with Gasteiger partial charge in [0.05, 0.1) is 25.4 Å². The second-order valence-electron chi connectivity index (χ2n) is 36.8. The number of benzene rings is 4. The predicted molar refractivity (Wildman–Crippen MR) is 510 cm³/mol. The van der Waals surface area contributed by atoms with E-state index in [0.29, 0.717) is 51.3 Å². The van der Waals surface area contributed by atoms with E-state index in [4.69, 9.17) is 38.1 Å². The van der Waals surface area contributed by atoms with Crippen LogP contribution in [-0.2, 0) is 110 Å². The Hall–Kier alpha value is -12.5. The molecule has 41 nitrogen and oxygen atoms in total. The lowest BCUT2D eigenvalue weighted by atomic mass is 9.85. The SMILES string of the molecule is CC(=O)NCCCCC(NC(=O)C1(NC(=O)C(Cc2ccc3ccccc3c2)NC(=O)C(Cc2ccc(OCCNC3CCCC(C4CCCC4)CC3)cc2)NC(=O)C2NC(=O)C(CCC(N)=O)NC(=O)C(Cc3c[nH]c4ccccc34)NC(=O)C(C(C)O)NC(=O)C(CC(N)=O)NC(=O)C(NC(C)=O)C(C)(C)SSC2(C)C)CCOCC1)C(=O)NC(CC(N)=O)C(=O)NC(CC(N)=O)C(N)=O. The highest BCUT2D eigenvalue weighted by molar-refractivity contribution is 8.77. The van der Waals surface area contributed by atoms with Crippen LogP contribution in [0.3, 0.4) is 0 Å². The zero-order chi connectivity index (χ0) is 100. The quantitative estimate of drug-likeness (QED) is 0.0133. The van der Waals surface area contributed by atoms with Gasteiger partial charge in [0.2, 0.25) is 106 Å². The van der Waals surface area contributed by atoms with Gasteiger partial charge in [-0.3, -0.25) is 86.3 Å². The van der Waals surface area contributed by atoms with Gasteiger partial charge < -0.3 is 123 Å². The maximum Gasteiger partial charge on any atom is 0.246 e. The molecule has 2 aliphatic heterocycles. The van der Waals surface area contributed by atoms with E-state index in [1.165, 1.54) is 73.1 Å². The molecule has 14 unspecified atom stereocenters. The van der Waals surface area contributed by atoms with Crippen molar-refractivity contribution in [2.75, 3.05) is 32.9 Å². The number of amides is 18. The first kappa shape index (κ1) is 108. The first-order valence-electron chi connectivity index (χ1n) is 46.4. The zero-order valence-electron chi connectivity index (χ0n) is 78.3. The van der Waals surface area contributed by atoms with Crippen LogP contribution in [0.4, 0.5) is 0 Å². The minimum absolute atomic E-state index is 0.107. The Bertz CT molecular complexity index is 5160. The molecule has 4 fully saturated rings. The molecule has 2 saturated carbocycles. The summed E-state index contributed by atoms with van der Waals surface area (Å²) in [5.41, 5.74) is 27.7. The molecule has 3 heterocycles. The second-order valence-corrected chi connectivity index (χ2v) is 40.3. The van der Waals surface area contributed by atoms with E-state index in [-0.39, 0.29) is 77.2 Å². The minimum Gasteiger partial charge on any atom is -0.492 e. The van der Waals surface area contributed by atoms with E-state index >= 15 is 28.8 Å². The van der Waals surface area contributed by atoms with Crippen molar-refractivity contribution in [2.45, 2.75) is 283 Å². The number of nitrogens with two attached hydrogens (primary N) is 5. The third-order valence-corrected chi connectivity index (χ3v) is 29.3. The highest BCUT2D eigenvalue weighted by atomic mass is 33.1. The molecule has 1 aromatic heterocycles. The summed E-state index contributed by atoms with van der Waals surface area (Å²) in [6.07, 6.45) is 5.32. The molecule has 746 valence electrons. The van der Waals surface area contributed by atoms with Crippen LogP contribution >= 0.6 is 21.6 Å². The number of aromatic amines is 1. The van der Waals surface area contributed by atoms with Crippen molar-refractivity contribution in [2.24, 2.45) is 40.5 Å². The maximum absolute atomic E-state index is 16.4. The first-order valence-corrected chi connectivity index (χ1v) is 48.5. The molecule has 9 rings (SSSR count). The number of hydrogen-bond acceptors (Lipinski definition) is 24. The number of ether oxygens (including phenoxy) is 2. The molecule has 0 radical (unpaired) electrons. The number of carbonyl (C=O) groups excluding carboxylic acids is 18. The van der Waals surface area contributed by atoms with Gasteiger partial charge in [0.1, 0.15) is 84.4 Å². The largest absolute Gasteiger partial charge is 0.492 e. The van der Waals surface area contributed by atoms with E-state index in [9.17, 15) is 62.6 Å². The maximum atomic E-state index is 16.4. The molecule has 18 amide bonds. The van der Waals surface area contributed by atoms with Gasteiger partial charge in [0.25, 0.3) is 0 Å².